The molecule has 12 rings (SSSR count). The minimum Gasteiger partial charge on any atom is -0.309 e. The second-order valence-electron chi connectivity index (χ2n) is 15.4. The number of nitrogens with zero attached hydrogens (tertiary/aromatic N) is 2. The lowest BCUT2D eigenvalue weighted by molar-refractivity contribution is 1.18. The summed E-state index contributed by atoms with van der Waals surface area (Å²) in [6, 6.07) is 80.1. The maximum Gasteiger partial charge on any atom is 0.0547 e. The van der Waals surface area contributed by atoms with Gasteiger partial charge in [-0.15, -0.1) is 0 Å². The molecule has 0 N–H and O–H groups in total. The Hall–Kier alpha value is -7.68. The monoisotopic (exact) mass is 736 g/mol. The number of fused-ring (bicyclic) bond motifs is 8. The first kappa shape index (κ1) is 32.6. The number of benzene rings is 10. The molecule has 0 aliphatic carbocycles. The Balaban J connectivity index is 0.967. The van der Waals surface area contributed by atoms with Crippen molar-refractivity contribution in [3.63, 3.8) is 0 Å². The molecule has 12 aromatic rings. The molecule has 0 aliphatic heterocycles. The fourth-order valence-electron chi connectivity index (χ4n) is 9.23. The van der Waals surface area contributed by atoms with Gasteiger partial charge in [-0.3, -0.25) is 0 Å². The normalized spacial score (nSPS) is 11.8. The highest BCUT2D eigenvalue weighted by atomic mass is 15.0. The van der Waals surface area contributed by atoms with Gasteiger partial charge in [0.2, 0.25) is 0 Å². The maximum atomic E-state index is 2.41. The number of para-hydroxylation sites is 2. The van der Waals surface area contributed by atoms with Crippen LogP contribution in [-0.2, 0) is 0 Å². The van der Waals surface area contributed by atoms with Gasteiger partial charge >= 0.3 is 0 Å². The molecule has 0 fully saturated rings. The van der Waals surface area contributed by atoms with E-state index in [0.717, 1.165) is 11.4 Å². The average molecular weight is 737 g/mol. The Morgan fingerprint density at radius 1 is 0.207 bits per heavy atom. The van der Waals surface area contributed by atoms with Gasteiger partial charge < -0.3 is 9.13 Å². The molecule has 0 radical (unpaired) electrons. The first-order valence-corrected chi connectivity index (χ1v) is 20.0. The smallest absolute Gasteiger partial charge is 0.0547 e. The minimum atomic E-state index is 1.15. The first-order valence-electron chi connectivity index (χ1n) is 20.0. The van der Waals surface area contributed by atoms with Crippen molar-refractivity contribution in [3.8, 4) is 44.8 Å². The molecule has 0 saturated heterocycles. The summed E-state index contributed by atoms with van der Waals surface area (Å²) in [5.41, 5.74) is 14.3. The quantitative estimate of drug-likeness (QED) is 0.167. The van der Waals surface area contributed by atoms with Crippen LogP contribution in [0.4, 0.5) is 0 Å². The van der Waals surface area contributed by atoms with Gasteiger partial charge in [-0.25, -0.2) is 0 Å². The van der Waals surface area contributed by atoms with Crippen LogP contribution in [0.2, 0.25) is 0 Å². The summed E-state index contributed by atoms with van der Waals surface area (Å²) in [7, 11) is 0. The van der Waals surface area contributed by atoms with Crippen LogP contribution < -0.4 is 0 Å². The van der Waals surface area contributed by atoms with Gasteiger partial charge in [-0.1, -0.05) is 140 Å². The third-order valence-corrected chi connectivity index (χ3v) is 12.0. The van der Waals surface area contributed by atoms with Gasteiger partial charge in [0, 0.05) is 32.9 Å². The molecule has 0 atom stereocenters. The molecule has 0 aliphatic rings. The highest BCUT2D eigenvalue weighted by Crippen LogP contribution is 2.39. The van der Waals surface area contributed by atoms with Gasteiger partial charge in [-0.2, -0.15) is 0 Å². The van der Waals surface area contributed by atoms with Crippen LogP contribution in [-0.4, -0.2) is 9.13 Å². The molecule has 2 aromatic heterocycles. The Labute approximate surface area is 336 Å². The Kier molecular flexibility index (Phi) is 7.26. The lowest BCUT2D eigenvalue weighted by Crippen LogP contribution is -1.94. The second-order valence-corrected chi connectivity index (χ2v) is 15.4. The second kappa shape index (κ2) is 12.9. The highest BCUT2D eigenvalue weighted by Gasteiger charge is 2.16. The molecular weight excluding hydrogens is 701 g/mol. The zero-order valence-corrected chi connectivity index (χ0v) is 31.7. The van der Waals surface area contributed by atoms with Crippen molar-refractivity contribution in [2.24, 2.45) is 0 Å². The average Bonchev–Trinajstić information content (AvgIpc) is 3.79. The Morgan fingerprint density at radius 3 is 0.983 bits per heavy atom. The third kappa shape index (κ3) is 5.19. The van der Waals surface area contributed by atoms with Crippen molar-refractivity contribution < 1.29 is 0 Å². The van der Waals surface area contributed by atoms with E-state index in [1.807, 2.05) is 0 Å². The molecule has 0 amide bonds. The molecule has 0 spiro atoms. The lowest BCUT2D eigenvalue weighted by atomic mass is 9.93. The van der Waals surface area contributed by atoms with E-state index < -0.39 is 0 Å². The van der Waals surface area contributed by atoms with Crippen LogP contribution in [0.15, 0.2) is 218 Å². The summed E-state index contributed by atoms with van der Waals surface area (Å²) in [5.74, 6) is 0. The lowest BCUT2D eigenvalue weighted by Gasteiger charge is -2.14. The molecule has 2 heterocycles. The van der Waals surface area contributed by atoms with Gasteiger partial charge in [0.1, 0.15) is 0 Å². The minimum absolute atomic E-state index is 1.15. The zero-order valence-electron chi connectivity index (χ0n) is 31.7. The summed E-state index contributed by atoms with van der Waals surface area (Å²) in [6.07, 6.45) is 0. The number of rotatable bonds is 5. The molecule has 270 valence electrons. The van der Waals surface area contributed by atoms with Crippen LogP contribution in [0.1, 0.15) is 0 Å². The molecule has 58 heavy (non-hydrogen) atoms. The van der Waals surface area contributed by atoms with E-state index in [1.165, 1.54) is 98.5 Å². The van der Waals surface area contributed by atoms with Gasteiger partial charge in [0.15, 0.2) is 0 Å². The number of aromatic nitrogens is 2. The highest BCUT2D eigenvalue weighted by molar-refractivity contribution is 6.15. The van der Waals surface area contributed by atoms with Crippen LogP contribution in [0.25, 0.3) is 110 Å². The van der Waals surface area contributed by atoms with Gasteiger partial charge in [0.25, 0.3) is 0 Å². The zero-order chi connectivity index (χ0) is 38.2. The molecular formula is C56H36N2. The summed E-state index contributed by atoms with van der Waals surface area (Å²) in [4.78, 5) is 0. The third-order valence-electron chi connectivity index (χ3n) is 12.0. The van der Waals surface area contributed by atoms with E-state index in [2.05, 4.69) is 228 Å². The predicted molar refractivity (Wildman–Crippen MR) is 246 cm³/mol. The molecule has 0 unspecified atom stereocenters. The molecule has 2 nitrogen and oxygen atoms in total. The van der Waals surface area contributed by atoms with Crippen molar-refractivity contribution >= 4 is 65.2 Å². The van der Waals surface area contributed by atoms with Crippen molar-refractivity contribution in [1.29, 1.82) is 0 Å². The largest absolute Gasteiger partial charge is 0.309 e. The van der Waals surface area contributed by atoms with Gasteiger partial charge in [0.05, 0.1) is 22.1 Å². The summed E-state index contributed by atoms with van der Waals surface area (Å²) in [5, 5.41) is 10.1. The summed E-state index contributed by atoms with van der Waals surface area (Å²) < 4.78 is 4.82. The van der Waals surface area contributed by atoms with Crippen LogP contribution >= 0.6 is 0 Å². The Morgan fingerprint density at radius 2 is 0.552 bits per heavy atom. The van der Waals surface area contributed by atoms with Crippen LogP contribution in [0.3, 0.4) is 0 Å². The SMILES string of the molecule is c1ccc(-c2cc(-c3ccc(-n4c5ccccc5c5cc6ccccc6cc54)cc3)cc(-c3ccc(-n4c5ccccc5c5cc6ccccc6cc54)cc3)c2)cc1. The molecule has 0 bridgehead atoms. The maximum absolute atomic E-state index is 2.41. The van der Waals surface area contributed by atoms with Crippen LogP contribution in [0.5, 0.6) is 0 Å². The van der Waals surface area contributed by atoms with Crippen molar-refractivity contribution in [2.75, 3.05) is 0 Å². The van der Waals surface area contributed by atoms with E-state index in [9.17, 15) is 0 Å². The van der Waals surface area contributed by atoms with E-state index >= 15 is 0 Å². The predicted octanol–water partition coefficient (Wildman–Crippen LogP) is 15.2. The molecule has 10 aromatic carbocycles. The molecule has 0 saturated carbocycles. The summed E-state index contributed by atoms with van der Waals surface area (Å²) in [6.45, 7) is 0. The van der Waals surface area contributed by atoms with E-state index in [0.29, 0.717) is 0 Å². The summed E-state index contributed by atoms with van der Waals surface area (Å²) >= 11 is 0. The number of hydrogen-bond donors (Lipinski definition) is 0. The van der Waals surface area contributed by atoms with Crippen LogP contribution in [0, 0.1) is 0 Å². The van der Waals surface area contributed by atoms with E-state index in [4.69, 9.17) is 0 Å². The first-order chi connectivity index (χ1) is 28.7. The topological polar surface area (TPSA) is 9.86 Å². The molecule has 2 heteroatoms. The fraction of sp³-hybridized carbons (Fsp3) is 0. The van der Waals surface area contributed by atoms with E-state index in [-0.39, 0.29) is 0 Å². The van der Waals surface area contributed by atoms with Crippen molar-refractivity contribution in [2.45, 2.75) is 0 Å². The Bertz CT molecular complexity index is 3320. The van der Waals surface area contributed by atoms with Gasteiger partial charge in [-0.05, 0) is 134 Å². The standard InChI is InChI=1S/C56H36N2/c1-2-12-37(13-3-1)44-30-45(38-22-26-47(27-23-38)57-53-20-10-8-18-49(53)51-33-40-14-4-6-16-42(40)35-55(51)57)32-46(31-44)39-24-28-48(29-25-39)58-54-21-11-9-19-50(54)52-34-41-15-5-7-17-43(41)36-56(52)58/h1-36H. The van der Waals surface area contributed by atoms with Crippen molar-refractivity contribution in [3.05, 3.63) is 218 Å². The fourth-order valence-corrected chi connectivity index (χ4v) is 9.23. The number of hydrogen-bond acceptors (Lipinski definition) is 0. The van der Waals surface area contributed by atoms with E-state index in [1.54, 1.807) is 0 Å². The van der Waals surface area contributed by atoms with Crippen molar-refractivity contribution in [1.82, 2.24) is 9.13 Å².